The van der Waals surface area contributed by atoms with Crippen molar-refractivity contribution in [2.75, 3.05) is 18.4 Å². The number of halogens is 1. The van der Waals surface area contributed by atoms with E-state index in [9.17, 15) is 0 Å². The van der Waals surface area contributed by atoms with E-state index in [0.717, 1.165) is 0 Å². The molecule has 0 spiro atoms. The minimum atomic E-state index is 0.269. The third-order valence-corrected chi connectivity index (χ3v) is 2.48. The van der Waals surface area contributed by atoms with Crippen molar-refractivity contribution in [2.24, 2.45) is 5.73 Å². The standard InChI is InChI=1S/C8H8BrN7/c9-6-5-4(3-11)13-8(12-2-1-10)14-7(5)16-15-6/h1-2,10H2,(H2,12,13,14,15,16). The van der Waals surface area contributed by atoms with Gasteiger partial charge in [0.25, 0.3) is 0 Å². The van der Waals surface area contributed by atoms with E-state index in [2.05, 4.69) is 41.4 Å². The summed E-state index contributed by atoms with van der Waals surface area (Å²) in [6.07, 6.45) is 0. The molecule has 7 nitrogen and oxygen atoms in total. The summed E-state index contributed by atoms with van der Waals surface area (Å²) >= 11 is 3.22. The van der Waals surface area contributed by atoms with Gasteiger partial charge >= 0.3 is 0 Å². The number of H-pyrrole nitrogens is 1. The van der Waals surface area contributed by atoms with Gasteiger partial charge in [-0.05, 0) is 15.9 Å². The van der Waals surface area contributed by atoms with Crippen LogP contribution in [0.2, 0.25) is 0 Å². The first-order valence-electron chi connectivity index (χ1n) is 4.52. The molecule has 8 heteroatoms. The molecule has 0 aliphatic heterocycles. The molecule has 16 heavy (non-hydrogen) atoms. The Morgan fingerprint density at radius 3 is 3.00 bits per heavy atom. The maximum atomic E-state index is 8.97. The highest BCUT2D eigenvalue weighted by atomic mass is 79.9. The lowest BCUT2D eigenvalue weighted by Gasteiger charge is -2.02. The molecule has 82 valence electrons. The summed E-state index contributed by atoms with van der Waals surface area (Å²) in [5.74, 6) is 0.366. The predicted octanol–water partition coefficient (Wildman–Crippen LogP) is 0.358. The lowest BCUT2D eigenvalue weighted by atomic mass is 10.3. The second kappa shape index (κ2) is 4.42. The van der Waals surface area contributed by atoms with E-state index in [1.165, 1.54) is 0 Å². The van der Waals surface area contributed by atoms with Crippen LogP contribution in [0.1, 0.15) is 5.69 Å². The monoisotopic (exact) mass is 281 g/mol. The Bertz CT molecular complexity index is 555. The fourth-order valence-corrected chi connectivity index (χ4v) is 1.70. The number of nitrogens with zero attached hydrogens (tertiary/aromatic N) is 4. The van der Waals surface area contributed by atoms with Crippen LogP contribution in [0, 0.1) is 11.3 Å². The molecule has 2 rings (SSSR count). The smallest absolute Gasteiger partial charge is 0.226 e. The van der Waals surface area contributed by atoms with Crippen molar-refractivity contribution in [3.63, 3.8) is 0 Å². The van der Waals surface area contributed by atoms with E-state index >= 15 is 0 Å². The van der Waals surface area contributed by atoms with Crippen molar-refractivity contribution < 1.29 is 0 Å². The molecular weight excluding hydrogens is 274 g/mol. The van der Waals surface area contributed by atoms with Crippen molar-refractivity contribution in [3.8, 4) is 6.07 Å². The van der Waals surface area contributed by atoms with Crippen molar-refractivity contribution in [2.45, 2.75) is 0 Å². The number of anilines is 1. The number of nitrogens with one attached hydrogen (secondary N) is 2. The van der Waals surface area contributed by atoms with Gasteiger partial charge in [-0.3, -0.25) is 5.10 Å². The molecule has 0 amide bonds. The molecule has 0 aliphatic rings. The topological polar surface area (TPSA) is 116 Å². The van der Waals surface area contributed by atoms with E-state index in [1.807, 2.05) is 6.07 Å². The summed E-state index contributed by atoms with van der Waals surface area (Å²) in [5.41, 5.74) is 6.13. The second-order valence-electron chi connectivity index (χ2n) is 2.96. The van der Waals surface area contributed by atoms with Gasteiger partial charge in [-0.2, -0.15) is 15.3 Å². The van der Waals surface area contributed by atoms with Crippen LogP contribution in [0.3, 0.4) is 0 Å². The first-order valence-corrected chi connectivity index (χ1v) is 5.31. The molecule has 2 aromatic heterocycles. The predicted molar refractivity (Wildman–Crippen MR) is 61.6 cm³/mol. The van der Waals surface area contributed by atoms with Gasteiger partial charge in [0.05, 0.1) is 5.39 Å². The Labute approximate surface area is 99.2 Å². The minimum absolute atomic E-state index is 0.269. The number of nitriles is 1. The molecule has 4 N–H and O–H groups in total. The molecule has 2 heterocycles. The number of aromatic amines is 1. The normalized spacial score (nSPS) is 10.3. The van der Waals surface area contributed by atoms with Crippen molar-refractivity contribution in [1.82, 2.24) is 20.2 Å². The first kappa shape index (κ1) is 10.8. The number of hydrogen-bond acceptors (Lipinski definition) is 6. The van der Waals surface area contributed by atoms with E-state index in [0.29, 0.717) is 34.7 Å². The summed E-state index contributed by atoms with van der Waals surface area (Å²) in [7, 11) is 0. The van der Waals surface area contributed by atoms with E-state index in [1.54, 1.807) is 0 Å². The number of rotatable bonds is 3. The van der Waals surface area contributed by atoms with Crippen LogP contribution in [-0.4, -0.2) is 33.3 Å². The van der Waals surface area contributed by atoms with Crippen LogP contribution in [0.5, 0.6) is 0 Å². The largest absolute Gasteiger partial charge is 0.353 e. The quantitative estimate of drug-likeness (QED) is 0.748. The maximum absolute atomic E-state index is 8.97. The molecular formula is C8H8BrN7. The highest BCUT2D eigenvalue weighted by molar-refractivity contribution is 9.10. The zero-order chi connectivity index (χ0) is 11.5. The molecule has 0 saturated heterocycles. The molecule has 0 radical (unpaired) electrons. The summed E-state index contributed by atoms with van der Waals surface area (Å²) in [6, 6.07) is 2.00. The maximum Gasteiger partial charge on any atom is 0.226 e. The Hall–Kier alpha value is -1.72. The number of hydrogen-bond donors (Lipinski definition) is 3. The second-order valence-corrected chi connectivity index (χ2v) is 3.71. The van der Waals surface area contributed by atoms with Crippen molar-refractivity contribution in [1.29, 1.82) is 5.26 Å². The lowest BCUT2D eigenvalue weighted by Crippen LogP contribution is -2.15. The van der Waals surface area contributed by atoms with E-state index < -0.39 is 0 Å². The van der Waals surface area contributed by atoms with Crippen molar-refractivity contribution >= 4 is 32.9 Å². The van der Waals surface area contributed by atoms with Gasteiger partial charge in [0, 0.05) is 13.1 Å². The number of nitrogens with two attached hydrogens (primary N) is 1. The molecule has 2 aromatic rings. The zero-order valence-corrected chi connectivity index (χ0v) is 9.74. The third-order valence-electron chi connectivity index (χ3n) is 1.91. The Morgan fingerprint density at radius 2 is 2.31 bits per heavy atom. The summed E-state index contributed by atoms with van der Waals surface area (Å²) in [6.45, 7) is 1.02. The van der Waals surface area contributed by atoms with Crippen LogP contribution >= 0.6 is 15.9 Å². The zero-order valence-electron chi connectivity index (χ0n) is 8.16. The van der Waals surface area contributed by atoms with Crippen LogP contribution in [-0.2, 0) is 0 Å². The summed E-state index contributed by atoms with van der Waals surface area (Å²) in [5, 5.41) is 19.1. The van der Waals surface area contributed by atoms with Crippen LogP contribution in [0.4, 0.5) is 5.95 Å². The Morgan fingerprint density at radius 1 is 1.50 bits per heavy atom. The summed E-state index contributed by atoms with van der Waals surface area (Å²) in [4.78, 5) is 8.23. The number of fused-ring (bicyclic) bond motifs is 1. The van der Waals surface area contributed by atoms with Gasteiger partial charge in [0.1, 0.15) is 10.7 Å². The van der Waals surface area contributed by atoms with Crippen LogP contribution in [0.15, 0.2) is 4.60 Å². The lowest BCUT2D eigenvalue weighted by molar-refractivity contribution is 0.989. The molecule has 0 bridgehead atoms. The SMILES string of the molecule is N#Cc1nc(NCCN)nc2[nH]nc(Br)c12. The van der Waals surface area contributed by atoms with Gasteiger partial charge in [-0.25, -0.2) is 4.98 Å². The molecule has 0 fully saturated rings. The molecule has 0 unspecified atom stereocenters. The average Bonchev–Trinajstić information content (AvgIpc) is 2.67. The van der Waals surface area contributed by atoms with Gasteiger partial charge in [0.15, 0.2) is 11.3 Å². The minimum Gasteiger partial charge on any atom is -0.353 e. The van der Waals surface area contributed by atoms with Crippen molar-refractivity contribution in [3.05, 3.63) is 10.3 Å². The molecule has 0 aromatic carbocycles. The third kappa shape index (κ3) is 1.82. The van der Waals surface area contributed by atoms with Gasteiger partial charge in [0.2, 0.25) is 5.95 Å². The Kier molecular flexibility index (Phi) is 2.98. The van der Waals surface area contributed by atoms with E-state index in [4.69, 9.17) is 11.0 Å². The number of aromatic nitrogens is 4. The fraction of sp³-hybridized carbons (Fsp3) is 0.250. The fourth-order valence-electron chi connectivity index (χ4n) is 1.24. The Balaban J connectivity index is 2.53. The molecule has 0 aliphatic carbocycles. The van der Waals surface area contributed by atoms with Gasteiger partial charge < -0.3 is 11.1 Å². The first-order chi connectivity index (χ1) is 7.76. The van der Waals surface area contributed by atoms with Crippen LogP contribution < -0.4 is 11.1 Å². The summed E-state index contributed by atoms with van der Waals surface area (Å²) < 4.78 is 0.532. The molecule has 0 atom stereocenters. The average molecular weight is 282 g/mol. The highest BCUT2D eigenvalue weighted by Gasteiger charge is 2.12. The van der Waals surface area contributed by atoms with Gasteiger partial charge in [-0.15, -0.1) is 0 Å². The van der Waals surface area contributed by atoms with Gasteiger partial charge in [-0.1, -0.05) is 0 Å². The van der Waals surface area contributed by atoms with E-state index in [-0.39, 0.29) is 5.69 Å². The highest BCUT2D eigenvalue weighted by Crippen LogP contribution is 2.22. The molecule has 0 saturated carbocycles. The van der Waals surface area contributed by atoms with Crippen LogP contribution in [0.25, 0.3) is 11.0 Å².